The molecule has 0 bridgehead atoms. The summed E-state index contributed by atoms with van der Waals surface area (Å²) in [6, 6.07) is 5.17. The van der Waals surface area contributed by atoms with E-state index in [9.17, 15) is 4.79 Å². The van der Waals surface area contributed by atoms with E-state index < -0.39 is 0 Å². The van der Waals surface area contributed by atoms with E-state index in [2.05, 4.69) is 41.8 Å². The summed E-state index contributed by atoms with van der Waals surface area (Å²) in [4.78, 5) is 19.8. The van der Waals surface area contributed by atoms with E-state index in [1.807, 2.05) is 6.07 Å². The van der Waals surface area contributed by atoms with Gasteiger partial charge in [-0.2, -0.15) is 5.26 Å². The standard InChI is InChI=1S/C12H7Br2N3O/c13-3-11-12(4-14)17-10-2-8(6-18)7(5-15)1-9(10)16-11/h1-2,6H,3-4H2. The number of carbonyl (C=O) groups excluding carboxylic acids is 1. The molecule has 1 aromatic carbocycles. The number of nitriles is 1. The van der Waals surface area contributed by atoms with Crippen LogP contribution >= 0.6 is 31.9 Å². The monoisotopic (exact) mass is 367 g/mol. The molecule has 0 spiro atoms. The lowest BCUT2D eigenvalue weighted by Gasteiger charge is -2.06. The summed E-state index contributed by atoms with van der Waals surface area (Å²) in [5, 5.41) is 10.1. The number of hydrogen-bond donors (Lipinski definition) is 0. The summed E-state index contributed by atoms with van der Waals surface area (Å²) in [6.07, 6.45) is 0.659. The molecule has 2 aromatic rings. The van der Waals surface area contributed by atoms with Crippen molar-refractivity contribution in [2.45, 2.75) is 10.7 Å². The summed E-state index contributed by atoms with van der Waals surface area (Å²) in [5.41, 5.74) is 3.54. The molecular weight excluding hydrogens is 362 g/mol. The quantitative estimate of drug-likeness (QED) is 0.616. The number of hydrogen-bond acceptors (Lipinski definition) is 4. The van der Waals surface area contributed by atoms with Crippen LogP contribution < -0.4 is 0 Å². The number of carbonyl (C=O) groups is 1. The number of nitrogens with zero attached hydrogens (tertiary/aromatic N) is 3. The first-order valence-electron chi connectivity index (χ1n) is 5.04. The van der Waals surface area contributed by atoms with E-state index in [0.29, 0.717) is 39.1 Å². The van der Waals surface area contributed by atoms with Crippen molar-refractivity contribution in [1.82, 2.24) is 9.97 Å². The third-order valence-electron chi connectivity index (χ3n) is 2.49. The topological polar surface area (TPSA) is 66.6 Å². The van der Waals surface area contributed by atoms with Gasteiger partial charge < -0.3 is 0 Å². The molecule has 0 aliphatic carbocycles. The smallest absolute Gasteiger partial charge is 0.151 e. The molecule has 0 radical (unpaired) electrons. The zero-order valence-electron chi connectivity index (χ0n) is 9.15. The summed E-state index contributed by atoms with van der Waals surface area (Å²) in [7, 11) is 0. The lowest BCUT2D eigenvalue weighted by molar-refractivity contribution is 0.112. The molecule has 6 heteroatoms. The fourth-order valence-corrected chi connectivity index (χ4v) is 2.50. The predicted molar refractivity (Wildman–Crippen MR) is 74.9 cm³/mol. The van der Waals surface area contributed by atoms with Crippen molar-refractivity contribution in [1.29, 1.82) is 5.26 Å². The van der Waals surface area contributed by atoms with Crippen LogP contribution in [0.15, 0.2) is 12.1 Å². The largest absolute Gasteiger partial charge is 0.298 e. The van der Waals surface area contributed by atoms with Gasteiger partial charge in [0.2, 0.25) is 0 Å². The van der Waals surface area contributed by atoms with Crippen LogP contribution in [0.3, 0.4) is 0 Å². The van der Waals surface area contributed by atoms with E-state index in [1.165, 1.54) is 0 Å². The van der Waals surface area contributed by atoms with Crippen LogP contribution in [0.1, 0.15) is 27.3 Å². The van der Waals surface area contributed by atoms with Crippen LogP contribution in [0.25, 0.3) is 11.0 Å². The third kappa shape index (κ3) is 2.28. The maximum absolute atomic E-state index is 10.9. The zero-order valence-corrected chi connectivity index (χ0v) is 12.3. The second-order valence-corrected chi connectivity index (χ2v) is 4.66. The van der Waals surface area contributed by atoms with Crippen molar-refractivity contribution in [3.05, 3.63) is 34.6 Å². The van der Waals surface area contributed by atoms with Gasteiger partial charge in [0.1, 0.15) is 0 Å². The Hall–Kier alpha value is -1.32. The Kier molecular flexibility index (Phi) is 4.04. The van der Waals surface area contributed by atoms with Gasteiger partial charge >= 0.3 is 0 Å². The van der Waals surface area contributed by atoms with Crippen molar-refractivity contribution in [3.8, 4) is 6.07 Å². The van der Waals surface area contributed by atoms with E-state index in [1.54, 1.807) is 12.1 Å². The summed E-state index contributed by atoms with van der Waals surface area (Å²) in [6.45, 7) is 0. The van der Waals surface area contributed by atoms with E-state index in [-0.39, 0.29) is 0 Å². The van der Waals surface area contributed by atoms with Crippen molar-refractivity contribution in [2.75, 3.05) is 0 Å². The van der Waals surface area contributed by atoms with Gasteiger partial charge in [-0.05, 0) is 12.1 Å². The molecule has 2 rings (SSSR count). The highest BCUT2D eigenvalue weighted by Crippen LogP contribution is 2.20. The normalized spacial score (nSPS) is 10.3. The lowest BCUT2D eigenvalue weighted by atomic mass is 10.1. The van der Waals surface area contributed by atoms with Gasteiger partial charge in [0.25, 0.3) is 0 Å². The Morgan fingerprint density at radius 3 is 2.17 bits per heavy atom. The molecule has 0 amide bonds. The summed E-state index contributed by atoms with van der Waals surface area (Å²) in [5.74, 6) is 0. The fourth-order valence-electron chi connectivity index (χ4n) is 1.60. The molecule has 0 saturated heterocycles. The van der Waals surface area contributed by atoms with E-state index in [4.69, 9.17) is 5.26 Å². The minimum Gasteiger partial charge on any atom is -0.298 e. The third-order valence-corrected chi connectivity index (χ3v) is 3.55. The Balaban J connectivity index is 2.78. The molecule has 0 unspecified atom stereocenters. The number of aromatic nitrogens is 2. The highest BCUT2D eigenvalue weighted by molar-refractivity contribution is 9.09. The average Bonchev–Trinajstić information content (AvgIpc) is 2.43. The molecule has 0 aliphatic rings. The van der Waals surface area contributed by atoms with Crippen molar-refractivity contribution in [3.63, 3.8) is 0 Å². The van der Waals surface area contributed by atoms with E-state index in [0.717, 1.165) is 11.4 Å². The number of fused-ring (bicyclic) bond motifs is 1. The van der Waals surface area contributed by atoms with Gasteiger partial charge in [-0.25, -0.2) is 9.97 Å². The molecule has 0 aliphatic heterocycles. The van der Waals surface area contributed by atoms with Gasteiger partial charge in [0.05, 0.1) is 34.1 Å². The van der Waals surface area contributed by atoms with Gasteiger partial charge in [-0.15, -0.1) is 0 Å². The summed E-state index contributed by atoms with van der Waals surface area (Å²) >= 11 is 6.71. The summed E-state index contributed by atoms with van der Waals surface area (Å²) < 4.78 is 0. The van der Waals surface area contributed by atoms with Gasteiger partial charge in [-0.1, -0.05) is 31.9 Å². The van der Waals surface area contributed by atoms with Crippen molar-refractivity contribution >= 4 is 49.2 Å². The molecule has 18 heavy (non-hydrogen) atoms. The lowest BCUT2D eigenvalue weighted by Crippen LogP contribution is -2.00. The van der Waals surface area contributed by atoms with Crippen molar-refractivity contribution < 1.29 is 4.79 Å². The molecule has 1 heterocycles. The van der Waals surface area contributed by atoms with Crippen LogP contribution in [0.5, 0.6) is 0 Å². The number of benzene rings is 1. The highest BCUT2D eigenvalue weighted by atomic mass is 79.9. The molecule has 4 nitrogen and oxygen atoms in total. The van der Waals surface area contributed by atoms with Gasteiger partial charge in [0.15, 0.2) is 6.29 Å². The fraction of sp³-hybridized carbons (Fsp3) is 0.167. The SMILES string of the molecule is N#Cc1cc2nc(CBr)c(CBr)nc2cc1C=O. The Morgan fingerprint density at radius 1 is 1.17 bits per heavy atom. The first kappa shape index (κ1) is 13.1. The first-order chi connectivity index (χ1) is 8.73. The van der Waals surface area contributed by atoms with Crippen LogP contribution in [0.4, 0.5) is 0 Å². The molecule has 1 aromatic heterocycles. The minimum absolute atomic E-state index is 0.318. The average molecular weight is 369 g/mol. The van der Waals surface area contributed by atoms with Crippen LogP contribution in [0.2, 0.25) is 0 Å². The molecule has 0 atom stereocenters. The maximum Gasteiger partial charge on any atom is 0.151 e. The number of aldehydes is 1. The number of rotatable bonds is 3. The minimum atomic E-state index is 0.318. The second-order valence-electron chi connectivity index (χ2n) is 3.54. The Labute approximate surface area is 120 Å². The van der Waals surface area contributed by atoms with Crippen LogP contribution in [-0.4, -0.2) is 16.3 Å². The second kappa shape index (κ2) is 5.55. The van der Waals surface area contributed by atoms with E-state index >= 15 is 0 Å². The Morgan fingerprint density at radius 2 is 1.72 bits per heavy atom. The highest BCUT2D eigenvalue weighted by Gasteiger charge is 2.10. The maximum atomic E-state index is 10.9. The van der Waals surface area contributed by atoms with Crippen LogP contribution in [-0.2, 0) is 10.7 Å². The van der Waals surface area contributed by atoms with Gasteiger partial charge in [-0.3, -0.25) is 4.79 Å². The molecule has 0 saturated carbocycles. The number of alkyl halides is 2. The number of halogens is 2. The van der Waals surface area contributed by atoms with Gasteiger partial charge in [0, 0.05) is 16.2 Å². The molecular formula is C12H7Br2N3O. The molecule has 0 N–H and O–H groups in total. The predicted octanol–water partition coefficient (Wildman–Crippen LogP) is 3.10. The van der Waals surface area contributed by atoms with Crippen molar-refractivity contribution in [2.24, 2.45) is 0 Å². The zero-order chi connectivity index (χ0) is 13.1. The molecule has 90 valence electrons. The first-order valence-corrected chi connectivity index (χ1v) is 7.28. The Bertz CT molecular complexity index is 664. The van der Waals surface area contributed by atoms with Crippen LogP contribution in [0, 0.1) is 11.3 Å². The molecule has 0 fully saturated rings.